The molecule has 2 saturated carbocycles. The number of rotatable bonds is 6. The monoisotopic (exact) mass is 410 g/mol. The molecule has 1 aliphatic heterocycles. The highest BCUT2D eigenvalue weighted by molar-refractivity contribution is 6.08. The number of allylic oxidation sites excluding steroid dienone is 2. The summed E-state index contributed by atoms with van der Waals surface area (Å²) < 4.78 is 4.96. The van der Waals surface area contributed by atoms with Gasteiger partial charge in [0.05, 0.1) is 16.8 Å². The van der Waals surface area contributed by atoms with Gasteiger partial charge in [-0.05, 0) is 42.2 Å². The first-order valence-corrected chi connectivity index (χ1v) is 9.83. The van der Waals surface area contributed by atoms with Gasteiger partial charge < -0.3 is 4.74 Å². The zero-order valence-corrected chi connectivity index (χ0v) is 15.8. The topological polar surface area (TPSA) is 124 Å². The molecule has 1 heterocycles. The molecule has 6 rings (SSSR count). The van der Waals surface area contributed by atoms with Crippen molar-refractivity contribution in [3.8, 4) is 0 Å². The number of amides is 2. The first kappa shape index (κ1) is 18.7. The second kappa shape index (κ2) is 6.58. The van der Waals surface area contributed by atoms with E-state index in [-0.39, 0.29) is 46.7 Å². The molecule has 1 aromatic carbocycles. The third kappa shape index (κ3) is 2.76. The highest BCUT2D eigenvalue weighted by Gasteiger charge is 2.67. The summed E-state index contributed by atoms with van der Waals surface area (Å²) in [6, 6.07) is 4.93. The normalized spacial score (nSPS) is 32.6. The standard InChI is InChI=1S/C21H18N2O7/c24-16(10-1-3-11(4-2-10)23(28)29)9-30-17(25)8-22-20(26)18-12-5-6-13(15-7-14(12)15)19(18)21(22)27/h1-6,12-15,18-19H,7-9H2/t12-,13-,14-,15-,18+,19+/m0/s1. The molecule has 1 saturated heterocycles. The first-order valence-electron chi connectivity index (χ1n) is 9.83. The quantitative estimate of drug-likeness (QED) is 0.173. The third-order valence-corrected chi connectivity index (χ3v) is 6.81. The highest BCUT2D eigenvalue weighted by atomic mass is 16.6. The van der Waals surface area contributed by atoms with Gasteiger partial charge in [-0.25, -0.2) is 0 Å². The van der Waals surface area contributed by atoms with E-state index >= 15 is 0 Å². The van der Waals surface area contributed by atoms with Gasteiger partial charge >= 0.3 is 5.97 Å². The van der Waals surface area contributed by atoms with Crippen molar-refractivity contribution in [1.82, 2.24) is 4.90 Å². The summed E-state index contributed by atoms with van der Waals surface area (Å²) >= 11 is 0. The lowest BCUT2D eigenvalue weighted by atomic mass is 9.63. The molecule has 0 aromatic heterocycles. The summed E-state index contributed by atoms with van der Waals surface area (Å²) in [6.07, 6.45) is 5.16. The average Bonchev–Trinajstić information content (AvgIpc) is 3.53. The minimum absolute atomic E-state index is 0.0752. The van der Waals surface area contributed by atoms with E-state index in [1.165, 1.54) is 24.3 Å². The Balaban J connectivity index is 1.19. The van der Waals surface area contributed by atoms with Crippen LogP contribution in [0, 0.1) is 45.6 Å². The number of ether oxygens (including phenoxy) is 1. The summed E-state index contributed by atoms with van der Waals surface area (Å²) in [5, 5.41) is 10.7. The van der Waals surface area contributed by atoms with E-state index in [2.05, 4.69) is 12.2 Å². The van der Waals surface area contributed by atoms with Crippen molar-refractivity contribution in [3.05, 3.63) is 52.1 Å². The largest absolute Gasteiger partial charge is 0.456 e. The molecule has 9 nitrogen and oxygen atoms in total. The van der Waals surface area contributed by atoms with Crippen LogP contribution in [0.4, 0.5) is 5.69 Å². The molecule has 3 fully saturated rings. The molecule has 6 atom stereocenters. The summed E-state index contributed by atoms with van der Waals surface area (Å²) in [5.74, 6) is -1.69. The van der Waals surface area contributed by atoms with Crippen LogP contribution in [0.3, 0.4) is 0 Å². The van der Waals surface area contributed by atoms with Crippen molar-refractivity contribution in [2.24, 2.45) is 35.5 Å². The van der Waals surface area contributed by atoms with Crippen LogP contribution in [0.15, 0.2) is 36.4 Å². The maximum atomic E-state index is 12.8. The van der Waals surface area contributed by atoms with E-state index in [9.17, 15) is 29.3 Å². The number of hydrogen-bond donors (Lipinski definition) is 0. The Labute approximate surface area is 170 Å². The van der Waals surface area contributed by atoms with Crippen molar-refractivity contribution >= 4 is 29.3 Å². The smallest absolute Gasteiger partial charge is 0.326 e. The van der Waals surface area contributed by atoms with Gasteiger partial charge in [-0.2, -0.15) is 0 Å². The predicted octanol–water partition coefficient (Wildman–Crippen LogP) is 1.37. The fourth-order valence-corrected chi connectivity index (χ4v) is 5.35. The number of nitro benzene ring substituents is 1. The van der Waals surface area contributed by atoms with Crippen LogP contribution in [0.5, 0.6) is 0 Å². The van der Waals surface area contributed by atoms with E-state index < -0.39 is 29.8 Å². The second-order valence-electron chi connectivity index (χ2n) is 8.31. The summed E-state index contributed by atoms with van der Waals surface area (Å²) in [5.41, 5.74) is 0.00628. The third-order valence-electron chi connectivity index (χ3n) is 6.81. The number of ketones is 1. The first-order chi connectivity index (χ1) is 14.4. The Morgan fingerprint density at radius 1 is 1.03 bits per heavy atom. The number of imide groups is 1. The highest BCUT2D eigenvalue weighted by Crippen LogP contribution is 2.65. The van der Waals surface area contributed by atoms with E-state index in [4.69, 9.17) is 4.74 Å². The lowest BCUT2D eigenvalue weighted by Gasteiger charge is -2.37. The lowest BCUT2D eigenvalue weighted by molar-refractivity contribution is -0.384. The van der Waals surface area contributed by atoms with Crippen LogP contribution in [0.2, 0.25) is 0 Å². The number of carbonyl (C=O) groups is 4. The molecule has 5 aliphatic rings. The van der Waals surface area contributed by atoms with Crippen molar-refractivity contribution in [1.29, 1.82) is 0 Å². The van der Waals surface area contributed by atoms with Crippen molar-refractivity contribution in [2.75, 3.05) is 13.2 Å². The fraction of sp³-hybridized carbons (Fsp3) is 0.429. The molecule has 30 heavy (non-hydrogen) atoms. The van der Waals surface area contributed by atoms with Crippen LogP contribution in [-0.4, -0.2) is 46.5 Å². The summed E-state index contributed by atoms with van der Waals surface area (Å²) in [6.45, 7) is -1.08. The molecular formula is C21H18N2O7. The molecular weight excluding hydrogens is 392 g/mol. The SMILES string of the molecule is O=C(CN1C(=O)[C@@H]2[C@H]3C=C[C@@H]([C@@H]4C[C@@H]34)[C@H]2C1=O)OCC(=O)c1ccc([N+](=O)[O-])cc1. The van der Waals surface area contributed by atoms with Gasteiger partial charge in [0.1, 0.15) is 6.54 Å². The molecule has 0 unspecified atom stereocenters. The van der Waals surface area contributed by atoms with Gasteiger partial charge in [-0.3, -0.25) is 34.2 Å². The van der Waals surface area contributed by atoms with Crippen LogP contribution in [0.25, 0.3) is 0 Å². The van der Waals surface area contributed by atoms with Crippen LogP contribution >= 0.6 is 0 Å². The van der Waals surface area contributed by atoms with E-state index in [1.54, 1.807) is 0 Å². The average molecular weight is 410 g/mol. The zero-order valence-electron chi connectivity index (χ0n) is 15.8. The van der Waals surface area contributed by atoms with Gasteiger partial charge in [-0.1, -0.05) is 12.2 Å². The molecule has 4 aliphatic carbocycles. The summed E-state index contributed by atoms with van der Waals surface area (Å²) in [7, 11) is 0. The number of carbonyl (C=O) groups excluding carboxylic acids is 4. The molecule has 0 radical (unpaired) electrons. The Morgan fingerprint density at radius 2 is 1.60 bits per heavy atom. The number of nitro groups is 1. The van der Waals surface area contributed by atoms with E-state index in [0.717, 1.165) is 11.3 Å². The Kier molecular flexibility index (Phi) is 4.09. The van der Waals surface area contributed by atoms with Crippen LogP contribution < -0.4 is 0 Å². The van der Waals surface area contributed by atoms with E-state index in [0.29, 0.717) is 11.8 Å². The maximum absolute atomic E-state index is 12.8. The Hall–Kier alpha value is -3.36. The van der Waals surface area contributed by atoms with Crippen LogP contribution in [-0.2, 0) is 19.1 Å². The number of Topliss-reactive ketones (excluding diaryl/α,β-unsaturated/α-hetero) is 1. The Morgan fingerprint density at radius 3 is 2.13 bits per heavy atom. The van der Waals surface area contributed by atoms with Crippen LogP contribution in [0.1, 0.15) is 16.8 Å². The number of esters is 1. The zero-order chi connectivity index (χ0) is 21.2. The van der Waals surface area contributed by atoms with Crippen molar-refractivity contribution < 1.29 is 28.8 Å². The van der Waals surface area contributed by atoms with Crippen molar-refractivity contribution in [2.45, 2.75) is 6.42 Å². The van der Waals surface area contributed by atoms with Gasteiger partial charge in [0.25, 0.3) is 5.69 Å². The van der Waals surface area contributed by atoms with Crippen molar-refractivity contribution in [3.63, 3.8) is 0 Å². The van der Waals surface area contributed by atoms with Gasteiger partial charge in [0.2, 0.25) is 11.8 Å². The minimum Gasteiger partial charge on any atom is -0.456 e. The number of benzene rings is 1. The molecule has 0 spiro atoms. The summed E-state index contributed by atoms with van der Waals surface area (Å²) in [4.78, 5) is 61.0. The molecule has 154 valence electrons. The second-order valence-corrected chi connectivity index (χ2v) is 8.31. The maximum Gasteiger partial charge on any atom is 0.326 e. The lowest BCUT2D eigenvalue weighted by Crippen LogP contribution is -2.40. The molecule has 1 aromatic rings. The van der Waals surface area contributed by atoms with Gasteiger partial charge in [0.15, 0.2) is 12.4 Å². The van der Waals surface area contributed by atoms with Gasteiger partial charge in [0, 0.05) is 17.7 Å². The number of likely N-dealkylation sites (tertiary alicyclic amines) is 1. The molecule has 9 heteroatoms. The fourth-order valence-electron chi connectivity index (χ4n) is 5.35. The minimum atomic E-state index is -0.837. The number of nitrogens with zero attached hydrogens (tertiary/aromatic N) is 2. The predicted molar refractivity (Wildman–Crippen MR) is 99.8 cm³/mol. The number of non-ortho nitro benzene ring substituents is 1. The van der Waals surface area contributed by atoms with E-state index in [1.807, 2.05) is 0 Å². The number of hydrogen-bond acceptors (Lipinski definition) is 7. The Bertz CT molecular complexity index is 979. The van der Waals surface area contributed by atoms with Gasteiger partial charge in [-0.15, -0.1) is 0 Å². The molecule has 0 N–H and O–H groups in total. The molecule has 2 amide bonds. The molecule has 2 bridgehead atoms.